The van der Waals surface area contributed by atoms with E-state index in [4.69, 9.17) is 0 Å². The summed E-state index contributed by atoms with van der Waals surface area (Å²) in [5.41, 5.74) is -3.64. The number of carbonyl (C=O) groups excluding carboxylic acids is 1. The summed E-state index contributed by atoms with van der Waals surface area (Å²) < 4.78 is 76.0. The number of thiophene rings is 1. The predicted octanol–water partition coefficient (Wildman–Crippen LogP) is 5.02. The molecule has 0 amide bonds. The van der Waals surface area contributed by atoms with Gasteiger partial charge in [0.05, 0.1) is 16.0 Å². The van der Waals surface area contributed by atoms with Gasteiger partial charge in [0.2, 0.25) is 5.78 Å². The van der Waals surface area contributed by atoms with Gasteiger partial charge in [0, 0.05) is 5.56 Å². The van der Waals surface area contributed by atoms with Gasteiger partial charge in [-0.2, -0.15) is 26.3 Å². The van der Waals surface area contributed by atoms with E-state index in [1.165, 1.54) is 17.5 Å². The summed E-state index contributed by atoms with van der Waals surface area (Å²) in [5, 5.41) is 1.51. The highest BCUT2D eigenvalue weighted by molar-refractivity contribution is 7.12. The fourth-order valence-electron chi connectivity index (χ4n) is 1.64. The third-order valence-corrected chi connectivity index (χ3v) is 3.46. The van der Waals surface area contributed by atoms with E-state index >= 15 is 0 Å². The maximum Gasteiger partial charge on any atom is 0.416 e. The molecule has 1 aromatic heterocycles. The molecule has 0 N–H and O–H groups in total. The zero-order valence-corrected chi connectivity index (χ0v) is 10.9. The van der Waals surface area contributed by atoms with E-state index in [0.717, 1.165) is 11.3 Å². The van der Waals surface area contributed by atoms with Gasteiger partial charge in [0.1, 0.15) is 0 Å². The van der Waals surface area contributed by atoms with Crippen molar-refractivity contribution in [2.45, 2.75) is 12.4 Å². The van der Waals surface area contributed by atoms with Crippen molar-refractivity contribution in [3.8, 4) is 0 Å². The number of hydrogen-bond acceptors (Lipinski definition) is 2. The first kappa shape index (κ1) is 15.6. The summed E-state index contributed by atoms with van der Waals surface area (Å²) in [6.07, 6.45) is -9.93. The van der Waals surface area contributed by atoms with Crippen LogP contribution in [-0.2, 0) is 12.4 Å². The highest BCUT2D eigenvalue weighted by atomic mass is 32.1. The van der Waals surface area contributed by atoms with E-state index in [1.807, 2.05) is 0 Å². The SMILES string of the molecule is O=C(c1cc(C(F)(F)F)cc(C(F)(F)F)c1)c1cccs1. The molecule has 8 heteroatoms. The van der Waals surface area contributed by atoms with Crippen molar-refractivity contribution in [2.24, 2.45) is 0 Å². The van der Waals surface area contributed by atoms with Gasteiger partial charge in [-0.15, -0.1) is 11.3 Å². The normalized spacial score (nSPS) is 12.5. The Morgan fingerprint density at radius 2 is 1.43 bits per heavy atom. The van der Waals surface area contributed by atoms with Crippen LogP contribution in [0, 0.1) is 0 Å². The Labute approximate surface area is 118 Å². The van der Waals surface area contributed by atoms with Crippen LogP contribution in [0.4, 0.5) is 26.3 Å². The minimum Gasteiger partial charge on any atom is -0.288 e. The lowest BCUT2D eigenvalue weighted by Crippen LogP contribution is -2.13. The van der Waals surface area contributed by atoms with E-state index in [-0.39, 0.29) is 10.9 Å². The number of alkyl halides is 6. The number of benzene rings is 1. The van der Waals surface area contributed by atoms with Gasteiger partial charge in [0.25, 0.3) is 0 Å². The van der Waals surface area contributed by atoms with Crippen molar-refractivity contribution < 1.29 is 31.1 Å². The lowest BCUT2D eigenvalue weighted by molar-refractivity contribution is -0.143. The second-order valence-electron chi connectivity index (χ2n) is 4.10. The van der Waals surface area contributed by atoms with E-state index in [1.54, 1.807) is 0 Å². The summed E-state index contributed by atoms with van der Waals surface area (Å²) in [4.78, 5) is 12.0. The average Bonchev–Trinajstić information content (AvgIpc) is 2.89. The van der Waals surface area contributed by atoms with Gasteiger partial charge < -0.3 is 0 Å². The van der Waals surface area contributed by atoms with Gasteiger partial charge in [-0.3, -0.25) is 4.79 Å². The maximum atomic E-state index is 12.7. The molecule has 1 heterocycles. The van der Waals surface area contributed by atoms with Crippen LogP contribution in [0.1, 0.15) is 26.4 Å². The van der Waals surface area contributed by atoms with Crippen molar-refractivity contribution in [3.05, 3.63) is 57.3 Å². The first-order valence-electron chi connectivity index (χ1n) is 5.47. The Morgan fingerprint density at radius 1 is 0.905 bits per heavy atom. The Hall–Kier alpha value is -1.83. The van der Waals surface area contributed by atoms with E-state index in [9.17, 15) is 31.1 Å². The number of carbonyl (C=O) groups is 1. The lowest BCUT2D eigenvalue weighted by atomic mass is 10.0. The molecule has 1 aromatic carbocycles. The molecule has 0 saturated heterocycles. The Morgan fingerprint density at radius 3 is 1.81 bits per heavy atom. The minimum atomic E-state index is -4.97. The maximum absolute atomic E-state index is 12.7. The summed E-state index contributed by atoms with van der Waals surface area (Å²) >= 11 is 0.941. The van der Waals surface area contributed by atoms with Crippen molar-refractivity contribution >= 4 is 17.1 Å². The van der Waals surface area contributed by atoms with Gasteiger partial charge in [0.15, 0.2) is 0 Å². The molecule has 0 aliphatic carbocycles. The second kappa shape index (κ2) is 5.18. The number of hydrogen-bond donors (Lipinski definition) is 0. The summed E-state index contributed by atoms with van der Waals surface area (Å²) in [6, 6.07) is 3.66. The fraction of sp³-hybridized carbons (Fsp3) is 0.154. The monoisotopic (exact) mass is 324 g/mol. The number of halogens is 6. The molecule has 21 heavy (non-hydrogen) atoms. The largest absolute Gasteiger partial charge is 0.416 e. The Balaban J connectivity index is 2.58. The van der Waals surface area contributed by atoms with E-state index in [2.05, 4.69) is 0 Å². The molecular formula is C13H6F6OS. The minimum absolute atomic E-state index is 0.00873. The molecule has 2 aromatic rings. The molecule has 2 rings (SSSR count). The Kier molecular flexibility index (Phi) is 3.83. The van der Waals surface area contributed by atoms with Gasteiger partial charge >= 0.3 is 12.4 Å². The smallest absolute Gasteiger partial charge is 0.288 e. The first-order chi connectivity index (χ1) is 9.59. The quantitative estimate of drug-likeness (QED) is 0.560. The molecule has 0 radical (unpaired) electrons. The fourth-order valence-corrected chi connectivity index (χ4v) is 2.32. The topological polar surface area (TPSA) is 17.1 Å². The van der Waals surface area contributed by atoms with Crippen LogP contribution >= 0.6 is 11.3 Å². The average molecular weight is 324 g/mol. The molecule has 0 bridgehead atoms. The van der Waals surface area contributed by atoms with Crippen LogP contribution in [0.3, 0.4) is 0 Å². The van der Waals surface area contributed by atoms with Gasteiger partial charge in [-0.25, -0.2) is 0 Å². The molecule has 0 spiro atoms. The third-order valence-electron chi connectivity index (χ3n) is 2.59. The highest BCUT2D eigenvalue weighted by Crippen LogP contribution is 2.36. The predicted molar refractivity (Wildman–Crippen MR) is 64.2 cm³/mol. The summed E-state index contributed by atoms with van der Waals surface area (Å²) in [7, 11) is 0. The lowest BCUT2D eigenvalue weighted by Gasteiger charge is -2.13. The van der Waals surface area contributed by atoms with Gasteiger partial charge in [-0.05, 0) is 29.6 Å². The Bertz CT molecular complexity index is 622. The molecule has 0 unspecified atom stereocenters. The molecule has 112 valence electrons. The molecule has 0 aliphatic heterocycles. The number of ketones is 1. The van der Waals surface area contributed by atoms with Crippen molar-refractivity contribution in [2.75, 3.05) is 0 Å². The highest BCUT2D eigenvalue weighted by Gasteiger charge is 2.37. The van der Waals surface area contributed by atoms with Crippen LogP contribution in [0.15, 0.2) is 35.7 Å². The summed E-state index contributed by atoms with van der Waals surface area (Å²) in [5.74, 6) is -0.874. The van der Waals surface area contributed by atoms with Crippen LogP contribution in [0.2, 0.25) is 0 Å². The third kappa shape index (κ3) is 3.44. The molecule has 0 aliphatic rings. The molecule has 0 saturated carbocycles. The molecular weight excluding hydrogens is 318 g/mol. The zero-order chi connectivity index (χ0) is 15.8. The van der Waals surface area contributed by atoms with Gasteiger partial charge in [-0.1, -0.05) is 6.07 Å². The second-order valence-corrected chi connectivity index (χ2v) is 5.05. The van der Waals surface area contributed by atoms with Crippen molar-refractivity contribution in [3.63, 3.8) is 0 Å². The van der Waals surface area contributed by atoms with Crippen LogP contribution in [0.5, 0.6) is 0 Å². The summed E-state index contributed by atoms with van der Waals surface area (Å²) in [6.45, 7) is 0. The first-order valence-corrected chi connectivity index (χ1v) is 6.34. The van der Waals surface area contributed by atoms with E-state index < -0.39 is 34.8 Å². The van der Waals surface area contributed by atoms with Crippen LogP contribution in [0.25, 0.3) is 0 Å². The van der Waals surface area contributed by atoms with Crippen molar-refractivity contribution in [1.29, 1.82) is 0 Å². The zero-order valence-electron chi connectivity index (χ0n) is 10.0. The van der Waals surface area contributed by atoms with Crippen LogP contribution in [-0.4, -0.2) is 5.78 Å². The molecule has 0 atom stereocenters. The van der Waals surface area contributed by atoms with E-state index in [0.29, 0.717) is 12.1 Å². The molecule has 1 nitrogen and oxygen atoms in total. The van der Waals surface area contributed by atoms with Crippen LogP contribution < -0.4 is 0 Å². The standard InChI is InChI=1S/C13H6F6OS/c14-12(15,16)8-4-7(5-9(6-8)13(17,18)19)11(20)10-2-1-3-21-10/h1-6H. The molecule has 0 fully saturated rings. The van der Waals surface area contributed by atoms with Crippen molar-refractivity contribution in [1.82, 2.24) is 0 Å². The number of rotatable bonds is 2.